The fourth-order valence-corrected chi connectivity index (χ4v) is 6.51. The summed E-state index contributed by atoms with van der Waals surface area (Å²) in [6.07, 6.45) is 1.18. The minimum absolute atomic E-state index is 0.0609. The monoisotopic (exact) mass is 798 g/mol. The van der Waals surface area contributed by atoms with Gasteiger partial charge in [-0.3, -0.25) is 24.0 Å². The van der Waals surface area contributed by atoms with E-state index >= 15 is 0 Å². The first-order chi connectivity index (χ1) is 27.8. The van der Waals surface area contributed by atoms with E-state index in [9.17, 15) is 29.2 Å². The molecule has 0 unspecified atom stereocenters. The van der Waals surface area contributed by atoms with Gasteiger partial charge in [-0.1, -0.05) is 109 Å². The number of hydrogen-bond acceptors (Lipinski definition) is 6. The zero-order valence-electron chi connectivity index (χ0n) is 32.7. The Kier molecular flexibility index (Phi) is 14.8. The molecule has 11 nitrogen and oxygen atoms in total. The molecule has 0 aliphatic carbocycles. The molecule has 0 aromatic heterocycles. The smallest absolute Gasteiger partial charge is 0.261 e. The lowest BCUT2D eigenvalue weighted by molar-refractivity contribution is -0.132. The molecule has 0 radical (unpaired) electrons. The lowest BCUT2D eigenvalue weighted by Crippen LogP contribution is -2.54. The molecule has 0 aliphatic rings. The number of hydrogen-bond donors (Lipinski definition) is 5. The second-order valence-corrected chi connectivity index (χ2v) is 15.4. The van der Waals surface area contributed by atoms with Gasteiger partial charge in [-0.15, -0.1) is 0 Å². The summed E-state index contributed by atoms with van der Waals surface area (Å²) in [7, 11) is 0. The number of carbonyl (C=O) groups is 5. The Labute approximate surface area is 343 Å². The van der Waals surface area contributed by atoms with Gasteiger partial charge in [-0.2, -0.15) is 5.26 Å². The largest absolute Gasteiger partial charge is 0.352 e. The molecule has 2 atom stereocenters. The first kappa shape index (κ1) is 42.6. The molecule has 0 heterocycles. The van der Waals surface area contributed by atoms with Crippen molar-refractivity contribution in [2.24, 2.45) is 0 Å². The van der Waals surface area contributed by atoms with Gasteiger partial charge < -0.3 is 26.6 Å². The standard InChI is InChI=1S/C46H47ClN6O5/c1-46(2,3)53-42(55)22-21-39(51-41(54)23-24-49-43(56)36(28-48)25-30-16-19-37(47)20-17-30)45(58)52-40(27-31-15-18-32-9-4-5-11-34(32)26-31)44(57)50-29-35-13-8-12-33-10-6-7-14-38(33)35/h4-20,25-26,39-40H,21-24,27,29H2,1-3H3,(H,49,56)(H,50,57)(H,51,54)(H,52,58)(H,53,55)/b36-25+/t39-,40-/m0/s1. The molecule has 5 amide bonds. The van der Waals surface area contributed by atoms with E-state index in [1.807, 2.05) is 112 Å². The van der Waals surface area contributed by atoms with E-state index in [4.69, 9.17) is 11.6 Å². The fraction of sp³-hybridized carbons (Fsp3) is 0.261. The summed E-state index contributed by atoms with van der Waals surface area (Å²) < 4.78 is 0. The topological polar surface area (TPSA) is 169 Å². The number of amides is 5. The predicted octanol–water partition coefficient (Wildman–Crippen LogP) is 6.28. The van der Waals surface area contributed by atoms with E-state index in [-0.39, 0.29) is 50.3 Å². The van der Waals surface area contributed by atoms with Crippen molar-refractivity contribution in [2.45, 2.75) is 70.6 Å². The van der Waals surface area contributed by atoms with Crippen LogP contribution in [0.3, 0.4) is 0 Å². The molecule has 12 heteroatoms. The van der Waals surface area contributed by atoms with Crippen molar-refractivity contribution in [3.63, 3.8) is 0 Å². The minimum Gasteiger partial charge on any atom is -0.352 e. The number of benzene rings is 5. The van der Waals surface area contributed by atoms with E-state index in [1.165, 1.54) is 6.08 Å². The first-order valence-corrected chi connectivity index (χ1v) is 19.4. The molecule has 0 spiro atoms. The van der Waals surface area contributed by atoms with Gasteiger partial charge in [0.1, 0.15) is 23.7 Å². The molecule has 0 saturated carbocycles. The Morgan fingerprint density at radius 1 is 0.724 bits per heavy atom. The van der Waals surface area contributed by atoms with Crippen molar-refractivity contribution in [3.8, 4) is 6.07 Å². The molecule has 298 valence electrons. The minimum atomic E-state index is -1.20. The van der Waals surface area contributed by atoms with Crippen molar-refractivity contribution in [2.75, 3.05) is 6.54 Å². The number of nitrogens with zero attached hydrogens (tertiary/aromatic N) is 1. The van der Waals surface area contributed by atoms with Crippen molar-refractivity contribution < 1.29 is 24.0 Å². The van der Waals surface area contributed by atoms with Crippen LogP contribution in [-0.2, 0) is 36.9 Å². The average molecular weight is 799 g/mol. The number of rotatable bonds is 16. The normalized spacial score (nSPS) is 12.5. The quantitative estimate of drug-likeness (QED) is 0.0581. The lowest BCUT2D eigenvalue weighted by atomic mass is 10.00. The third-order valence-corrected chi connectivity index (χ3v) is 9.48. The number of carbonyl (C=O) groups excluding carboxylic acids is 5. The number of halogens is 1. The van der Waals surface area contributed by atoms with Gasteiger partial charge in [0.2, 0.25) is 23.6 Å². The number of nitriles is 1. The predicted molar refractivity (Wildman–Crippen MR) is 227 cm³/mol. The van der Waals surface area contributed by atoms with Crippen LogP contribution in [0.5, 0.6) is 0 Å². The third kappa shape index (κ3) is 12.8. The van der Waals surface area contributed by atoms with E-state index in [0.717, 1.165) is 32.7 Å². The maximum absolute atomic E-state index is 14.1. The van der Waals surface area contributed by atoms with Crippen molar-refractivity contribution >= 4 is 68.8 Å². The van der Waals surface area contributed by atoms with Gasteiger partial charge in [0, 0.05) is 42.9 Å². The highest BCUT2D eigenvalue weighted by molar-refractivity contribution is 6.30. The van der Waals surface area contributed by atoms with Gasteiger partial charge in [0.05, 0.1) is 0 Å². The maximum atomic E-state index is 14.1. The molecule has 0 aliphatic heterocycles. The van der Waals surface area contributed by atoms with Crippen LogP contribution in [0.4, 0.5) is 0 Å². The molecule has 5 aromatic carbocycles. The molecular weight excluding hydrogens is 752 g/mol. The van der Waals surface area contributed by atoms with E-state index in [1.54, 1.807) is 24.3 Å². The molecule has 0 bridgehead atoms. The molecule has 58 heavy (non-hydrogen) atoms. The highest BCUT2D eigenvalue weighted by atomic mass is 35.5. The zero-order chi connectivity index (χ0) is 41.7. The number of fused-ring (bicyclic) bond motifs is 2. The third-order valence-electron chi connectivity index (χ3n) is 9.23. The van der Waals surface area contributed by atoms with Gasteiger partial charge in [-0.05, 0) is 83.6 Å². The first-order valence-electron chi connectivity index (χ1n) is 19.1. The fourth-order valence-electron chi connectivity index (χ4n) is 6.39. The molecule has 5 rings (SSSR count). The van der Waals surface area contributed by atoms with E-state index < -0.39 is 41.3 Å². The van der Waals surface area contributed by atoms with E-state index in [0.29, 0.717) is 10.6 Å². The van der Waals surface area contributed by atoms with Gasteiger partial charge in [0.15, 0.2) is 0 Å². The van der Waals surface area contributed by atoms with Crippen molar-refractivity contribution in [1.82, 2.24) is 26.6 Å². The summed E-state index contributed by atoms with van der Waals surface area (Å²) in [6, 6.07) is 33.6. The lowest BCUT2D eigenvalue weighted by Gasteiger charge is -2.25. The van der Waals surface area contributed by atoms with E-state index in [2.05, 4.69) is 26.6 Å². The van der Waals surface area contributed by atoms with Crippen molar-refractivity contribution in [1.29, 1.82) is 5.26 Å². The maximum Gasteiger partial charge on any atom is 0.261 e. The van der Waals surface area contributed by atoms with Gasteiger partial charge in [-0.25, -0.2) is 0 Å². The van der Waals surface area contributed by atoms with Crippen molar-refractivity contribution in [3.05, 3.63) is 136 Å². The van der Waals surface area contributed by atoms with Crippen LogP contribution in [0.15, 0.2) is 115 Å². The SMILES string of the molecule is CC(C)(C)NC(=O)CC[C@H](NC(=O)CCNC(=O)/C(C#N)=C/c1ccc(Cl)cc1)C(=O)N[C@@H](Cc1ccc2ccccc2c1)C(=O)NCc1cccc2ccccc12. The summed E-state index contributed by atoms with van der Waals surface area (Å²) >= 11 is 5.93. The molecular formula is C46H47ClN6O5. The van der Waals surface area contributed by atoms with Gasteiger partial charge >= 0.3 is 0 Å². The van der Waals surface area contributed by atoms with Crippen LogP contribution in [0, 0.1) is 11.3 Å². The molecule has 0 fully saturated rings. The zero-order valence-corrected chi connectivity index (χ0v) is 33.5. The summed E-state index contributed by atoms with van der Waals surface area (Å²) in [4.78, 5) is 66.9. The Balaban J connectivity index is 1.31. The Bertz CT molecular complexity index is 2360. The Morgan fingerprint density at radius 3 is 2.14 bits per heavy atom. The highest BCUT2D eigenvalue weighted by Crippen LogP contribution is 2.20. The number of nitrogens with one attached hydrogen (secondary N) is 5. The Hall–Kier alpha value is -6.51. The van der Waals surface area contributed by atoms with Crippen LogP contribution >= 0.6 is 11.6 Å². The summed E-state index contributed by atoms with van der Waals surface area (Å²) in [5.41, 5.74) is 1.63. The highest BCUT2D eigenvalue weighted by Gasteiger charge is 2.28. The average Bonchev–Trinajstić information content (AvgIpc) is 3.20. The summed E-state index contributed by atoms with van der Waals surface area (Å²) in [5.74, 6) is -2.64. The van der Waals surface area contributed by atoms with Crippen LogP contribution in [-0.4, -0.2) is 53.7 Å². The molecule has 0 saturated heterocycles. The van der Waals surface area contributed by atoms with Crippen LogP contribution in [0.25, 0.3) is 27.6 Å². The second kappa shape index (κ2) is 20.1. The molecule has 5 aromatic rings. The van der Waals surface area contributed by atoms with Gasteiger partial charge in [0.25, 0.3) is 5.91 Å². The van der Waals surface area contributed by atoms with Crippen LogP contribution in [0.1, 0.15) is 56.7 Å². The summed E-state index contributed by atoms with van der Waals surface area (Å²) in [5, 5.41) is 28.1. The summed E-state index contributed by atoms with van der Waals surface area (Å²) in [6.45, 7) is 5.58. The van der Waals surface area contributed by atoms with Crippen LogP contribution in [0.2, 0.25) is 5.02 Å². The second-order valence-electron chi connectivity index (χ2n) is 15.0. The Morgan fingerprint density at radius 2 is 1.41 bits per heavy atom. The molecule has 5 N–H and O–H groups in total. The van der Waals surface area contributed by atoms with Crippen LogP contribution < -0.4 is 26.6 Å².